The molecule has 0 bridgehead atoms. The van der Waals surface area contributed by atoms with E-state index in [1.807, 2.05) is 6.07 Å². The Hall–Kier alpha value is -0.603. The zero-order valence-corrected chi connectivity index (χ0v) is 10.9. The zero-order chi connectivity index (χ0) is 9.90. The lowest BCUT2D eigenvalue weighted by molar-refractivity contribution is 0.0973. The fourth-order valence-electron chi connectivity index (χ4n) is 1.62. The van der Waals surface area contributed by atoms with Crippen molar-refractivity contribution in [3.8, 4) is 0 Å². The first-order chi connectivity index (χ1) is 6.05. The van der Waals surface area contributed by atoms with Crippen LogP contribution >= 0.6 is 0 Å². The van der Waals surface area contributed by atoms with Crippen molar-refractivity contribution in [1.82, 2.24) is 0 Å². The average molecular weight is 194 g/mol. The van der Waals surface area contributed by atoms with Crippen LogP contribution in [0.3, 0.4) is 0 Å². The molecule has 0 aliphatic rings. The van der Waals surface area contributed by atoms with E-state index in [1.54, 1.807) is 0 Å². The summed E-state index contributed by atoms with van der Waals surface area (Å²) in [4.78, 5) is 0. The molecule has 1 nitrogen and oxygen atoms in total. The summed E-state index contributed by atoms with van der Waals surface area (Å²) < 4.78 is 5.64. The Bertz CT molecular complexity index is 251. The van der Waals surface area contributed by atoms with Gasteiger partial charge in [-0.2, -0.15) is 0 Å². The molecule has 1 rings (SSSR count). The SMILES string of the molecule is CC(C)(C)C(O[SiH3])c1ccccc1. The third-order valence-electron chi connectivity index (χ3n) is 2.12. The topological polar surface area (TPSA) is 9.23 Å². The Labute approximate surface area is 83.7 Å². The minimum absolute atomic E-state index is 0.184. The van der Waals surface area contributed by atoms with Gasteiger partial charge in [0.1, 0.15) is 10.5 Å². The van der Waals surface area contributed by atoms with E-state index >= 15 is 0 Å². The Morgan fingerprint density at radius 3 is 2.08 bits per heavy atom. The average Bonchev–Trinajstić information content (AvgIpc) is 2.05. The molecule has 0 saturated carbocycles. The lowest BCUT2D eigenvalue weighted by Crippen LogP contribution is -2.20. The Balaban J connectivity index is 2.92. The van der Waals surface area contributed by atoms with Gasteiger partial charge in [-0.1, -0.05) is 51.1 Å². The monoisotopic (exact) mass is 194 g/mol. The second kappa shape index (κ2) is 4.07. The third kappa shape index (κ3) is 2.67. The lowest BCUT2D eigenvalue weighted by Gasteiger charge is -2.30. The fraction of sp³-hybridized carbons (Fsp3) is 0.455. The van der Waals surface area contributed by atoms with Crippen molar-refractivity contribution < 1.29 is 4.43 Å². The molecule has 0 spiro atoms. The number of rotatable bonds is 2. The lowest BCUT2D eigenvalue weighted by atomic mass is 9.85. The molecule has 72 valence electrons. The molecule has 1 atom stereocenters. The third-order valence-corrected chi connectivity index (χ3v) is 2.60. The van der Waals surface area contributed by atoms with Gasteiger partial charge in [0.25, 0.3) is 0 Å². The van der Waals surface area contributed by atoms with Crippen LogP contribution < -0.4 is 0 Å². The predicted octanol–water partition coefficient (Wildman–Crippen LogP) is 2.07. The van der Waals surface area contributed by atoms with E-state index in [0.29, 0.717) is 0 Å². The van der Waals surface area contributed by atoms with Gasteiger partial charge in [0, 0.05) is 0 Å². The van der Waals surface area contributed by atoms with Gasteiger partial charge < -0.3 is 4.43 Å². The highest BCUT2D eigenvalue weighted by Gasteiger charge is 2.24. The largest absolute Gasteiger partial charge is 0.421 e. The molecule has 13 heavy (non-hydrogen) atoms. The van der Waals surface area contributed by atoms with Gasteiger partial charge in [-0.3, -0.25) is 0 Å². The molecule has 0 amide bonds. The number of hydrogen-bond acceptors (Lipinski definition) is 1. The second-order valence-corrected chi connectivity index (χ2v) is 4.86. The maximum atomic E-state index is 5.64. The molecule has 0 aliphatic heterocycles. The zero-order valence-electron chi connectivity index (χ0n) is 8.87. The van der Waals surface area contributed by atoms with Crippen LogP contribution in [-0.2, 0) is 4.43 Å². The van der Waals surface area contributed by atoms with E-state index in [2.05, 4.69) is 45.0 Å². The molecule has 0 aromatic heterocycles. The van der Waals surface area contributed by atoms with Crippen LogP contribution in [0.2, 0.25) is 0 Å². The van der Waals surface area contributed by atoms with Crippen molar-refractivity contribution in [2.45, 2.75) is 26.9 Å². The van der Waals surface area contributed by atoms with Crippen LogP contribution in [0.4, 0.5) is 0 Å². The molecule has 0 fully saturated rings. The van der Waals surface area contributed by atoms with E-state index in [-0.39, 0.29) is 11.5 Å². The van der Waals surface area contributed by atoms with E-state index in [0.717, 1.165) is 10.5 Å². The van der Waals surface area contributed by atoms with Crippen molar-refractivity contribution in [3.63, 3.8) is 0 Å². The molecule has 0 aliphatic carbocycles. The number of hydrogen-bond donors (Lipinski definition) is 0. The standard InChI is InChI=1S/C11H18OSi/c1-11(2,3)10(12-13)9-7-5-4-6-8-9/h4-8,10H,1-3,13H3. The number of benzene rings is 1. The smallest absolute Gasteiger partial charge is 0.146 e. The minimum atomic E-state index is 0.184. The van der Waals surface area contributed by atoms with Crippen molar-refractivity contribution in [2.75, 3.05) is 0 Å². The summed E-state index contributed by atoms with van der Waals surface area (Å²) >= 11 is 0. The summed E-state index contributed by atoms with van der Waals surface area (Å²) in [6.45, 7) is 6.63. The van der Waals surface area contributed by atoms with Crippen LogP contribution in [0, 0.1) is 5.41 Å². The highest BCUT2D eigenvalue weighted by atomic mass is 28.2. The van der Waals surface area contributed by atoms with Gasteiger partial charge in [-0.05, 0) is 11.0 Å². The maximum Gasteiger partial charge on any atom is 0.146 e. The maximum absolute atomic E-state index is 5.64. The summed E-state index contributed by atoms with van der Waals surface area (Å²) in [5.41, 5.74) is 1.47. The van der Waals surface area contributed by atoms with E-state index in [4.69, 9.17) is 4.43 Å². The van der Waals surface area contributed by atoms with Crippen molar-refractivity contribution in [3.05, 3.63) is 35.9 Å². The Kier molecular flexibility index (Phi) is 3.28. The first-order valence-electron chi connectivity index (χ1n) is 4.63. The molecular weight excluding hydrogens is 176 g/mol. The van der Waals surface area contributed by atoms with Crippen molar-refractivity contribution in [2.24, 2.45) is 5.41 Å². The molecular formula is C11H18OSi. The highest BCUT2D eigenvalue weighted by molar-refractivity contribution is 5.98. The van der Waals surface area contributed by atoms with Crippen molar-refractivity contribution >= 4 is 10.5 Å². The fourth-order valence-corrected chi connectivity index (χ4v) is 2.60. The minimum Gasteiger partial charge on any atom is -0.421 e. The van der Waals surface area contributed by atoms with Gasteiger partial charge in [0.05, 0.1) is 6.10 Å². The Morgan fingerprint density at radius 1 is 1.15 bits per heavy atom. The molecule has 0 N–H and O–H groups in total. The molecule has 1 aromatic carbocycles. The van der Waals surface area contributed by atoms with E-state index < -0.39 is 0 Å². The summed E-state index contributed by atoms with van der Waals surface area (Å²) in [6.07, 6.45) is 0.236. The van der Waals surface area contributed by atoms with E-state index in [9.17, 15) is 0 Å². The van der Waals surface area contributed by atoms with Crippen LogP contribution in [-0.4, -0.2) is 10.5 Å². The van der Waals surface area contributed by atoms with Gasteiger partial charge in [0.15, 0.2) is 0 Å². The molecule has 0 heterocycles. The van der Waals surface area contributed by atoms with Gasteiger partial charge in [-0.25, -0.2) is 0 Å². The molecule has 0 saturated heterocycles. The summed E-state index contributed by atoms with van der Waals surface area (Å²) in [6, 6.07) is 10.4. The predicted molar refractivity (Wildman–Crippen MR) is 59.7 cm³/mol. The van der Waals surface area contributed by atoms with E-state index in [1.165, 1.54) is 5.56 Å². The molecule has 2 heteroatoms. The summed E-state index contributed by atoms with van der Waals surface area (Å²) in [5.74, 6) is 0. The molecule has 1 unspecified atom stereocenters. The second-order valence-electron chi connectivity index (χ2n) is 4.39. The molecule has 1 aromatic rings. The summed E-state index contributed by atoms with van der Waals surface area (Å²) in [5, 5.41) is 0. The van der Waals surface area contributed by atoms with Crippen LogP contribution in [0.15, 0.2) is 30.3 Å². The van der Waals surface area contributed by atoms with Crippen molar-refractivity contribution in [1.29, 1.82) is 0 Å². The quantitative estimate of drug-likeness (QED) is 0.655. The van der Waals surface area contributed by atoms with Gasteiger partial charge in [-0.15, -0.1) is 0 Å². The van der Waals surface area contributed by atoms with Gasteiger partial charge >= 0.3 is 0 Å². The summed E-state index contributed by atoms with van der Waals surface area (Å²) in [7, 11) is 0.788. The first-order valence-corrected chi connectivity index (χ1v) is 5.45. The van der Waals surface area contributed by atoms with Crippen LogP contribution in [0.1, 0.15) is 32.4 Å². The Morgan fingerprint density at radius 2 is 1.69 bits per heavy atom. The van der Waals surface area contributed by atoms with Gasteiger partial charge in [0.2, 0.25) is 0 Å². The highest BCUT2D eigenvalue weighted by Crippen LogP contribution is 2.34. The van der Waals surface area contributed by atoms with Crippen LogP contribution in [0.25, 0.3) is 0 Å². The normalized spacial score (nSPS) is 14.4. The molecule has 0 radical (unpaired) electrons. The first kappa shape index (κ1) is 10.5. The van der Waals surface area contributed by atoms with Crippen LogP contribution in [0.5, 0.6) is 0 Å².